The molecule has 0 aliphatic heterocycles. The lowest BCUT2D eigenvalue weighted by atomic mass is 9.99. The summed E-state index contributed by atoms with van der Waals surface area (Å²) in [5, 5.41) is 35.0. The predicted octanol–water partition coefficient (Wildman–Crippen LogP) is 9.21. The average Bonchev–Trinajstić information content (AvgIpc) is 3.07. The summed E-state index contributed by atoms with van der Waals surface area (Å²) in [5.74, 6) is 0.0617. The number of carbonyl (C=O) groups is 1. The number of phosphoric acid groups is 1. The van der Waals surface area contributed by atoms with Crippen LogP contribution in [0, 0.1) is 5.92 Å². The molecule has 0 saturated carbocycles. The van der Waals surface area contributed by atoms with Gasteiger partial charge in [-0.3, -0.25) is 13.8 Å². The number of quaternary nitrogens is 1. The van der Waals surface area contributed by atoms with Crippen molar-refractivity contribution >= 4 is 13.7 Å². The summed E-state index contributed by atoms with van der Waals surface area (Å²) < 4.78 is 23.4. The van der Waals surface area contributed by atoms with E-state index in [0.717, 1.165) is 44.4 Å². The van der Waals surface area contributed by atoms with Crippen molar-refractivity contribution in [3.8, 4) is 0 Å². The summed E-state index contributed by atoms with van der Waals surface area (Å²) in [6.45, 7) is 6.67. The van der Waals surface area contributed by atoms with Gasteiger partial charge < -0.3 is 30.0 Å². The molecule has 0 spiro atoms. The first-order valence-electron chi connectivity index (χ1n) is 21.5. The number of unbranched alkanes of at least 4 members (excludes halogenated alkanes) is 21. The van der Waals surface area contributed by atoms with Crippen molar-refractivity contribution in [2.24, 2.45) is 5.92 Å². The summed E-state index contributed by atoms with van der Waals surface area (Å²) in [7, 11) is 1.30. The second kappa shape index (κ2) is 32.6. The zero-order valence-corrected chi connectivity index (χ0v) is 35.6. The van der Waals surface area contributed by atoms with Gasteiger partial charge in [0.2, 0.25) is 5.91 Å². The number of hydrogen-bond donors (Lipinski definition) is 5. The van der Waals surface area contributed by atoms with E-state index in [1.54, 1.807) is 0 Å². The highest BCUT2D eigenvalue weighted by Gasteiger charge is 2.33. The third kappa shape index (κ3) is 32.8. The van der Waals surface area contributed by atoms with E-state index < -0.39 is 44.7 Å². The van der Waals surface area contributed by atoms with Gasteiger partial charge in [0.05, 0.1) is 39.9 Å². The van der Waals surface area contributed by atoms with Crippen molar-refractivity contribution in [1.82, 2.24) is 5.32 Å². The number of amides is 1. The maximum absolute atomic E-state index is 13.0. The molecule has 0 aromatic rings. The highest BCUT2D eigenvalue weighted by molar-refractivity contribution is 7.47. The maximum atomic E-state index is 13.0. The van der Waals surface area contributed by atoms with Gasteiger partial charge in [0.1, 0.15) is 25.4 Å². The van der Waals surface area contributed by atoms with Crippen LogP contribution in [0.3, 0.4) is 0 Å². The molecule has 10 nitrogen and oxygen atoms in total. The number of phosphoric ester groups is 1. The summed E-state index contributed by atoms with van der Waals surface area (Å²) >= 11 is 0. The molecule has 0 aromatic carbocycles. The molecule has 312 valence electrons. The molecule has 0 saturated heterocycles. The van der Waals surface area contributed by atoms with Crippen LogP contribution in [-0.4, -0.2) is 95.9 Å². The molecule has 2 unspecified atom stereocenters. The van der Waals surface area contributed by atoms with Crippen molar-refractivity contribution in [2.75, 3.05) is 40.9 Å². The molecule has 11 heteroatoms. The van der Waals surface area contributed by atoms with Gasteiger partial charge in [0, 0.05) is 0 Å². The number of hydrogen-bond acceptors (Lipinski definition) is 7. The Labute approximate surface area is 320 Å². The normalized spacial score (nSPS) is 15.8. The molecule has 5 N–H and O–H groups in total. The first-order chi connectivity index (χ1) is 24.7. The molecule has 1 amide bonds. The average molecular weight is 766 g/mol. The highest BCUT2D eigenvalue weighted by Crippen LogP contribution is 2.43. The lowest BCUT2D eigenvalue weighted by Crippen LogP contribution is -2.53. The SMILES string of the molecule is CCCCCCCCCCCCCCCCCC(O)C(=O)N[C@@H](COP(=O)(O)OCC[N+](C)(C)C)[C@H](O)[C@H](O)CCCCCCCCCCC(C)C. The number of aliphatic hydroxyl groups excluding tert-OH is 3. The number of carbonyl (C=O) groups excluding carboxylic acids is 1. The predicted molar refractivity (Wildman–Crippen MR) is 215 cm³/mol. The third-order valence-corrected chi connectivity index (χ3v) is 11.0. The van der Waals surface area contributed by atoms with Gasteiger partial charge >= 0.3 is 7.82 Å². The number of nitrogens with zero attached hydrogens (tertiary/aromatic N) is 1. The van der Waals surface area contributed by atoms with Gasteiger partial charge in [-0.2, -0.15) is 0 Å². The van der Waals surface area contributed by atoms with Gasteiger partial charge in [-0.25, -0.2) is 4.57 Å². The van der Waals surface area contributed by atoms with Crippen LogP contribution in [0.1, 0.15) is 188 Å². The second-order valence-corrected chi connectivity index (χ2v) is 18.3. The number of nitrogens with one attached hydrogen (secondary N) is 1. The lowest BCUT2D eigenvalue weighted by molar-refractivity contribution is -0.870. The van der Waals surface area contributed by atoms with Crippen LogP contribution in [-0.2, 0) is 18.4 Å². The largest absolute Gasteiger partial charge is 0.472 e. The fourth-order valence-corrected chi connectivity index (χ4v) is 7.13. The smallest absolute Gasteiger partial charge is 0.390 e. The van der Waals surface area contributed by atoms with Crippen LogP contribution in [0.15, 0.2) is 0 Å². The molecule has 0 aliphatic rings. The number of rotatable bonds is 38. The first-order valence-corrected chi connectivity index (χ1v) is 22.9. The standard InChI is InChI=1S/C41H85N2O8P/c1-7-8-9-10-11-12-13-14-15-16-17-18-23-26-29-32-39(45)41(47)42-37(35-51-52(48,49)50-34-33-43(4,5)6)40(46)38(44)31-28-25-22-20-19-21-24-27-30-36(2)3/h36-40,44-46H,7-35H2,1-6H3,(H-,42,47,48,49)/p+1/t37-,38+,39?,40-/m0/s1. The van der Waals surface area contributed by atoms with Gasteiger partial charge in [0.15, 0.2) is 0 Å². The van der Waals surface area contributed by atoms with E-state index in [4.69, 9.17) is 9.05 Å². The monoisotopic (exact) mass is 766 g/mol. The molecular formula is C41H86N2O8P+. The topological polar surface area (TPSA) is 146 Å². The van der Waals surface area contributed by atoms with Gasteiger partial charge in [0.25, 0.3) is 0 Å². The third-order valence-electron chi connectivity index (χ3n) is 9.98. The van der Waals surface area contributed by atoms with E-state index in [-0.39, 0.29) is 13.0 Å². The molecule has 0 fully saturated rings. The summed E-state index contributed by atoms with van der Waals surface area (Å²) in [6, 6.07) is -1.20. The van der Waals surface area contributed by atoms with Crippen LogP contribution >= 0.6 is 7.82 Å². The molecule has 5 atom stereocenters. The fraction of sp³-hybridized carbons (Fsp3) is 0.976. The Morgan fingerprint density at radius 3 is 1.46 bits per heavy atom. The van der Waals surface area contributed by atoms with E-state index in [0.29, 0.717) is 30.3 Å². The highest BCUT2D eigenvalue weighted by atomic mass is 31.2. The minimum Gasteiger partial charge on any atom is -0.390 e. The van der Waals surface area contributed by atoms with E-state index in [1.165, 1.54) is 103 Å². The summed E-state index contributed by atoms with van der Waals surface area (Å²) in [6.07, 6.45) is 25.2. The van der Waals surface area contributed by atoms with Crippen molar-refractivity contribution in [3.63, 3.8) is 0 Å². The van der Waals surface area contributed by atoms with Crippen molar-refractivity contribution in [2.45, 2.75) is 212 Å². The van der Waals surface area contributed by atoms with E-state index in [2.05, 4.69) is 26.1 Å². The Hall–Kier alpha value is -0.580. The molecule has 0 bridgehead atoms. The van der Waals surface area contributed by atoms with Crippen molar-refractivity contribution < 1.29 is 43.1 Å². The summed E-state index contributed by atoms with van der Waals surface area (Å²) in [4.78, 5) is 23.2. The Kier molecular flexibility index (Phi) is 32.3. The van der Waals surface area contributed by atoms with Gasteiger partial charge in [-0.15, -0.1) is 0 Å². The Morgan fingerprint density at radius 1 is 0.635 bits per heavy atom. The molecule has 0 aromatic heterocycles. The molecule has 0 rings (SSSR count). The zero-order chi connectivity index (χ0) is 39.1. The summed E-state index contributed by atoms with van der Waals surface area (Å²) in [5.41, 5.74) is 0. The molecule has 0 radical (unpaired) electrons. The quantitative estimate of drug-likeness (QED) is 0.0238. The van der Waals surface area contributed by atoms with E-state index in [9.17, 15) is 29.6 Å². The van der Waals surface area contributed by atoms with Gasteiger partial charge in [-0.05, 0) is 18.8 Å². The minimum atomic E-state index is -4.48. The zero-order valence-electron chi connectivity index (χ0n) is 34.7. The van der Waals surface area contributed by atoms with Gasteiger partial charge in [-0.1, -0.05) is 175 Å². The van der Waals surface area contributed by atoms with E-state index >= 15 is 0 Å². The van der Waals surface area contributed by atoms with Crippen LogP contribution in [0.2, 0.25) is 0 Å². The Balaban J connectivity index is 4.63. The molecule has 0 heterocycles. The Bertz CT molecular complexity index is 872. The minimum absolute atomic E-state index is 0.0185. The van der Waals surface area contributed by atoms with Crippen LogP contribution < -0.4 is 5.32 Å². The molecular weight excluding hydrogens is 679 g/mol. The second-order valence-electron chi connectivity index (χ2n) is 16.8. The Morgan fingerprint density at radius 2 is 1.04 bits per heavy atom. The maximum Gasteiger partial charge on any atom is 0.472 e. The molecule has 0 aliphatic carbocycles. The van der Waals surface area contributed by atoms with Crippen LogP contribution in [0.25, 0.3) is 0 Å². The van der Waals surface area contributed by atoms with E-state index in [1.807, 2.05) is 21.1 Å². The first kappa shape index (κ1) is 51.4. The fourth-order valence-electron chi connectivity index (χ4n) is 6.39. The van der Waals surface area contributed by atoms with Crippen molar-refractivity contribution in [1.29, 1.82) is 0 Å². The number of likely N-dealkylation sites (N-methyl/N-ethyl adjacent to an activating group) is 1. The van der Waals surface area contributed by atoms with Crippen LogP contribution in [0.4, 0.5) is 0 Å². The lowest BCUT2D eigenvalue weighted by Gasteiger charge is -2.29. The number of aliphatic hydroxyl groups is 3. The van der Waals surface area contributed by atoms with Crippen molar-refractivity contribution in [3.05, 3.63) is 0 Å². The van der Waals surface area contributed by atoms with Crippen LogP contribution in [0.5, 0.6) is 0 Å². The molecule has 52 heavy (non-hydrogen) atoms.